The predicted molar refractivity (Wildman–Crippen MR) is 96.0 cm³/mol. The molecule has 5 nitrogen and oxygen atoms in total. The Kier molecular flexibility index (Phi) is 6.26. The first-order chi connectivity index (χ1) is 11.7. The van der Waals surface area contributed by atoms with Gasteiger partial charge in [-0.05, 0) is 30.7 Å². The largest absolute Gasteiger partial charge is 0.355 e. The molecule has 0 spiro atoms. The Balaban J connectivity index is 1.26. The average molecular weight is 350 g/mol. The van der Waals surface area contributed by atoms with Gasteiger partial charge in [-0.25, -0.2) is 0 Å². The molecule has 0 bridgehead atoms. The van der Waals surface area contributed by atoms with Crippen LogP contribution in [-0.2, 0) is 16.0 Å². The summed E-state index contributed by atoms with van der Waals surface area (Å²) in [7, 11) is 0. The number of hydrogen-bond donors (Lipinski definition) is 1. The zero-order valence-electron chi connectivity index (χ0n) is 14.2. The van der Waals surface area contributed by atoms with Crippen LogP contribution in [0.5, 0.6) is 0 Å². The fraction of sp³-hybridized carbons (Fsp3) is 0.667. The minimum atomic E-state index is 0.127. The number of aryl methyl sites for hydroxylation is 1. The summed E-state index contributed by atoms with van der Waals surface area (Å²) in [6, 6.07) is 4.09. The standard InChI is InChI=1S/C18H27N3O2S/c22-17(7-6-16-5-2-14-24-16)19-8-9-20-10-12-21(13-11-20)18(23)15-3-1-4-15/h2,5,14-15H,1,3-4,6-13H2,(H,19,22). The summed E-state index contributed by atoms with van der Waals surface area (Å²) in [5.41, 5.74) is 0. The lowest BCUT2D eigenvalue weighted by molar-refractivity contribution is -0.139. The number of amides is 2. The molecule has 1 aliphatic carbocycles. The van der Waals surface area contributed by atoms with Gasteiger partial charge >= 0.3 is 0 Å². The van der Waals surface area contributed by atoms with E-state index in [0.717, 1.165) is 52.0 Å². The van der Waals surface area contributed by atoms with Crippen LogP contribution in [0, 0.1) is 5.92 Å². The Morgan fingerprint density at radius 1 is 1.21 bits per heavy atom. The molecular formula is C18H27N3O2S. The van der Waals surface area contributed by atoms with Crippen molar-refractivity contribution in [2.45, 2.75) is 32.1 Å². The van der Waals surface area contributed by atoms with Crippen LogP contribution >= 0.6 is 11.3 Å². The fourth-order valence-electron chi connectivity index (χ4n) is 3.24. The van der Waals surface area contributed by atoms with Gasteiger partial charge in [-0.2, -0.15) is 0 Å². The second-order valence-corrected chi connectivity index (χ2v) is 7.76. The van der Waals surface area contributed by atoms with Gasteiger partial charge in [0.05, 0.1) is 0 Å². The van der Waals surface area contributed by atoms with Crippen molar-refractivity contribution in [3.8, 4) is 0 Å². The molecule has 0 unspecified atom stereocenters. The monoisotopic (exact) mass is 349 g/mol. The van der Waals surface area contributed by atoms with Gasteiger partial charge in [-0.3, -0.25) is 14.5 Å². The third-order valence-corrected chi connectivity index (χ3v) is 6.00. The van der Waals surface area contributed by atoms with Crippen molar-refractivity contribution in [3.63, 3.8) is 0 Å². The second kappa shape index (κ2) is 8.62. The molecule has 1 N–H and O–H groups in total. The predicted octanol–water partition coefficient (Wildman–Crippen LogP) is 1.74. The molecule has 1 aromatic rings. The Morgan fingerprint density at radius 2 is 2.00 bits per heavy atom. The summed E-state index contributed by atoms with van der Waals surface area (Å²) in [6.07, 6.45) is 4.76. The van der Waals surface area contributed by atoms with E-state index in [1.807, 2.05) is 16.3 Å². The minimum Gasteiger partial charge on any atom is -0.355 e. The number of carbonyl (C=O) groups excluding carboxylic acids is 2. The second-order valence-electron chi connectivity index (χ2n) is 6.72. The minimum absolute atomic E-state index is 0.127. The van der Waals surface area contributed by atoms with Crippen molar-refractivity contribution >= 4 is 23.2 Å². The van der Waals surface area contributed by atoms with E-state index in [1.54, 1.807) is 11.3 Å². The lowest BCUT2D eigenvalue weighted by atomic mass is 9.84. The molecule has 1 aromatic heterocycles. The lowest BCUT2D eigenvalue weighted by Gasteiger charge is -2.38. The molecule has 2 heterocycles. The molecule has 3 rings (SSSR count). The molecule has 2 fully saturated rings. The Hall–Kier alpha value is -1.40. The van der Waals surface area contributed by atoms with Crippen molar-refractivity contribution < 1.29 is 9.59 Å². The van der Waals surface area contributed by atoms with Gasteiger partial charge in [0.25, 0.3) is 0 Å². The summed E-state index contributed by atoms with van der Waals surface area (Å²) >= 11 is 1.70. The summed E-state index contributed by atoms with van der Waals surface area (Å²) in [4.78, 5) is 29.7. The van der Waals surface area contributed by atoms with Gasteiger partial charge in [0.15, 0.2) is 0 Å². The zero-order chi connectivity index (χ0) is 16.8. The van der Waals surface area contributed by atoms with E-state index in [9.17, 15) is 9.59 Å². The number of thiophene rings is 1. The van der Waals surface area contributed by atoms with E-state index in [2.05, 4.69) is 16.3 Å². The quantitative estimate of drug-likeness (QED) is 0.816. The van der Waals surface area contributed by atoms with Crippen LogP contribution in [-0.4, -0.2) is 60.9 Å². The van der Waals surface area contributed by atoms with Crippen LogP contribution in [0.4, 0.5) is 0 Å². The molecular weight excluding hydrogens is 322 g/mol. The lowest BCUT2D eigenvalue weighted by Crippen LogP contribution is -2.52. The van der Waals surface area contributed by atoms with E-state index in [1.165, 1.54) is 11.3 Å². The molecule has 1 saturated carbocycles. The first-order valence-electron chi connectivity index (χ1n) is 9.02. The maximum Gasteiger partial charge on any atom is 0.225 e. The Bertz CT molecular complexity index is 534. The highest BCUT2D eigenvalue weighted by molar-refractivity contribution is 7.09. The Labute approximate surface area is 148 Å². The van der Waals surface area contributed by atoms with Gasteiger partial charge in [-0.1, -0.05) is 12.5 Å². The topological polar surface area (TPSA) is 52.7 Å². The normalized spacial score (nSPS) is 19.1. The van der Waals surface area contributed by atoms with Gasteiger partial charge in [0, 0.05) is 56.5 Å². The van der Waals surface area contributed by atoms with Crippen molar-refractivity contribution in [1.29, 1.82) is 0 Å². The van der Waals surface area contributed by atoms with Gasteiger partial charge in [0.2, 0.25) is 11.8 Å². The highest BCUT2D eigenvalue weighted by atomic mass is 32.1. The van der Waals surface area contributed by atoms with Crippen molar-refractivity contribution in [2.24, 2.45) is 5.92 Å². The summed E-state index contributed by atoms with van der Waals surface area (Å²) in [5.74, 6) is 0.796. The summed E-state index contributed by atoms with van der Waals surface area (Å²) < 4.78 is 0. The molecule has 2 amide bonds. The third kappa shape index (κ3) is 4.80. The zero-order valence-corrected chi connectivity index (χ0v) is 15.0. The van der Waals surface area contributed by atoms with Crippen LogP contribution in [0.25, 0.3) is 0 Å². The highest BCUT2D eigenvalue weighted by Crippen LogP contribution is 2.28. The van der Waals surface area contributed by atoms with Crippen LogP contribution < -0.4 is 5.32 Å². The van der Waals surface area contributed by atoms with Gasteiger partial charge in [-0.15, -0.1) is 11.3 Å². The number of nitrogens with one attached hydrogen (secondary N) is 1. The first-order valence-corrected chi connectivity index (χ1v) is 9.90. The highest BCUT2D eigenvalue weighted by Gasteiger charge is 2.30. The van der Waals surface area contributed by atoms with E-state index >= 15 is 0 Å². The molecule has 0 atom stereocenters. The van der Waals surface area contributed by atoms with E-state index in [-0.39, 0.29) is 5.91 Å². The van der Waals surface area contributed by atoms with Crippen LogP contribution in [0.15, 0.2) is 17.5 Å². The van der Waals surface area contributed by atoms with Gasteiger partial charge < -0.3 is 10.2 Å². The van der Waals surface area contributed by atoms with Crippen molar-refractivity contribution in [1.82, 2.24) is 15.1 Å². The molecule has 2 aliphatic rings. The average Bonchev–Trinajstić information content (AvgIpc) is 3.05. The van der Waals surface area contributed by atoms with E-state index in [0.29, 0.717) is 24.8 Å². The van der Waals surface area contributed by atoms with Crippen LogP contribution in [0.1, 0.15) is 30.6 Å². The van der Waals surface area contributed by atoms with E-state index in [4.69, 9.17) is 0 Å². The first kappa shape index (κ1) is 17.4. The smallest absolute Gasteiger partial charge is 0.225 e. The molecule has 0 aromatic carbocycles. The molecule has 0 radical (unpaired) electrons. The number of rotatable bonds is 7. The van der Waals surface area contributed by atoms with E-state index < -0.39 is 0 Å². The van der Waals surface area contributed by atoms with Crippen molar-refractivity contribution in [3.05, 3.63) is 22.4 Å². The molecule has 132 valence electrons. The number of hydrogen-bond acceptors (Lipinski definition) is 4. The number of piperazine rings is 1. The summed E-state index contributed by atoms with van der Waals surface area (Å²) in [6.45, 7) is 5.08. The molecule has 1 aliphatic heterocycles. The molecule has 6 heteroatoms. The molecule has 1 saturated heterocycles. The third-order valence-electron chi connectivity index (χ3n) is 5.07. The maximum absolute atomic E-state index is 12.2. The maximum atomic E-state index is 12.2. The van der Waals surface area contributed by atoms with Gasteiger partial charge in [0.1, 0.15) is 0 Å². The SMILES string of the molecule is O=C(CCc1cccs1)NCCN1CCN(C(=O)C2CCC2)CC1. The van der Waals surface area contributed by atoms with Crippen molar-refractivity contribution in [2.75, 3.05) is 39.3 Å². The molecule has 24 heavy (non-hydrogen) atoms. The Morgan fingerprint density at radius 3 is 2.62 bits per heavy atom. The van der Waals surface area contributed by atoms with Crippen LogP contribution in [0.3, 0.4) is 0 Å². The summed E-state index contributed by atoms with van der Waals surface area (Å²) in [5, 5.41) is 5.05. The van der Waals surface area contributed by atoms with Crippen LogP contribution in [0.2, 0.25) is 0 Å². The number of nitrogens with zero attached hydrogens (tertiary/aromatic N) is 2. The number of carbonyl (C=O) groups is 2. The fourth-order valence-corrected chi connectivity index (χ4v) is 3.95.